The number of carboxylic acid groups (broad SMARTS) is 1. The van der Waals surface area contributed by atoms with E-state index in [2.05, 4.69) is 26.8 Å². The molecule has 4 N–H and O–H groups in total. The SMILES string of the molecule is CCCCCc1cc(O)c(C/C(C)=C(\C)CCC=C(C)C)c(OC(=O)C(N)C(C)C)c1C(=O)O. The highest BCUT2D eigenvalue weighted by atomic mass is 16.5. The lowest BCUT2D eigenvalue weighted by Crippen LogP contribution is -2.39. The quantitative estimate of drug-likeness (QED) is 0.133. The van der Waals surface area contributed by atoms with Gasteiger partial charge >= 0.3 is 11.9 Å². The Labute approximate surface area is 204 Å². The van der Waals surface area contributed by atoms with Gasteiger partial charge in [0.2, 0.25) is 0 Å². The second-order valence-electron chi connectivity index (χ2n) is 9.75. The first kappa shape index (κ1) is 29.4. The van der Waals surface area contributed by atoms with Gasteiger partial charge in [-0.25, -0.2) is 9.59 Å². The van der Waals surface area contributed by atoms with E-state index in [0.717, 1.165) is 43.3 Å². The maximum absolute atomic E-state index is 12.7. The third kappa shape index (κ3) is 8.64. The summed E-state index contributed by atoms with van der Waals surface area (Å²) in [6, 6.07) is 0.614. The fourth-order valence-electron chi connectivity index (χ4n) is 3.67. The summed E-state index contributed by atoms with van der Waals surface area (Å²) >= 11 is 0. The molecule has 0 saturated heterocycles. The second kappa shape index (κ2) is 14.0. The molecule has 1 atom stereocenters. The zero-order chi connectivity index (χ0) is 26.0. The van der Waals surface area contributed by atoms with E-state index in [4.69, 9.17) is 10.5 Å². The first-order chi connectivity index (χ1) is 15.9. The van der Waals surface area contributed by atoms with Crippen LogP contribution in [0.15, 0.2) is 28.9 Å². The third-order valence-electron chi connectivity index (χ3n) is 6.14. The minimum Gasteiger partial charge on any atom is -0.508 e. The Bertz CT molecular complexity index is 923. The van der Waals surface area contributed by atoms with Crippen molar-refractivity contribution in [2.24, 2.45) is 11.7 Å². The summed E-state index contributed by atoms with van der Waals surface area (Å²) in [4.78, 5) is 25.1. The van der Waals surface area contributed by atoms with Crippen LogP contribution in [0.5, 0.6) is 11.5 Å². The highest BCUT2D eigenvalue weighted by Crippen LogP contribution is 2.38. The number of phenolic OH excluding ortho intramolecular Hbond substituents is 1. The number of unbranched alkanes of at least 4 members (excludes halogenated alkanes) is 2. The standard InChI is InChI=1S/C28H43NO5/c1-8-9-10-14-21-16-23(30)22(15-20(7)19(6)13-11-12-17(2)3)26(24(21)27(31)32)34-28(33)25(29)18(4)5/h12,16,18,25,30H,8-11,13-15,29H2,1-7H3,(H,31,32)/b20-19+. The maximum Gasteiger partial charge on any atom is 0.339 e. The normalized spacial score (nSPS) is 12.9. The fourth-order valence-corrected chi connectivity index (χ4v) is 3.67. The zero-order valence-electron chi connectivity index (χ0n) is 22.0. The van der Waals surface area contributed by atoms with Crippen molar-refractivity contribution in [2.75, 3.05) is 0 Å². The molecule has 0 spiro atoms. The van der Waals surface area contributed by atoms with E-state index in [1.54, 1.807) is 13.8 Å². The van der Waals surface area contributed by atoms with Gasteiger partial charge in [0.1, 0.15) is 17.4 Å². The first-order valence-electron chi connectivity index (χ1n) is 12.3. The van der Waals surface area contributed by atoms with E-state index >= 15 is 0 Å². The lowest BCUT2D eigenvalue weighted by molar-refractivity contribution is -0.136. The van der Waals surface area contributed by atoms with Crippen molar-refractivity contribution >= 4 is 11.9 Å². The Morgan fingerprint density at radius 3 is 2.29 bits per heavy atom. The van der Waals surface area contributed by atoms with E-state index in [9.17, 15) is 19.8 Å². The number of ether oxygens (including phenoxy) is 1. The molecule has 1 aromatic carbocycles. The number of carbonyl (C=O) groups is 2. The minimum atomic E-state index is -1.18. The molecule has 0 radical (unpaired) electrons. The van der Waals surface area contributed by atoms with E-state index in [0.29, 0.717) is 17.5 Å². The molecule has 6 heteroatoms. The molecule has 1 rings (SSSR count). The van der Waals surface area contributed by atoms with Crippen LogP contribution in [0.4, 0.5) is 0 Å². The van der Waals surface area contributed by atoms with E-state index in [-0.39, 0.29) is 29.4 Å². The number of benzene rings is 1. The van der Waals surface area contributed by atoms with Crippen LogP contribution in [0.1, 0.15) is 102 Å². The molecule has 0 amide bonds. The molecule has 0 aliphatic carbocycles. The van der Waals surface area contributed by atoms with Gasteiger partial charge in [0.25, 0.3) is 0 Å². The topological polar surface area (TPSA) is 110 Å². The van der Waals surface area contributed by atoms with Gasteiger partial charge < -0.3 is 20.7 Å². The van der Waals surface area contributed by atoms with Gasteiger partial charge in [-0.3, -0.25) is 0 Å². The molecule has 0 saturated carbocycles. The summed E-state index contributed by atoms with van der Waals surface area (Å²) in [5, 5.41) is 21.0. The van der Waals surface area contributed by atoms with Crippen molar-refractivity contribution in [3.05, 3.63) is 45.6 Å². The van der Waals surface area contributed by atoms with E-state index in [1.165, 1.54) is 11.6 Å². The monoisotopic (exact) mass is 473 g/mol. The summed E-state index contributed by atoms with van der Waals surface area (Å²) in [5.41, 5.74) is 10.1. The van der Waals surface area contributed by atoms with Gasteiger partial charge in [-0.1, -0.05) is 56.4 Å². The zero-order valence-corrected chi connectivity index (χ0v) is 22.0. The van der Waals surface area contributed by atoms with E-state index < -0.39 is 18.0 Å². The Morgan fingerprint density at radius 1 is 1.12 bits per heavy atom. The van der Waals surface area contributed by atoms with Crippen molar-refractivity contribution in [2.45, 2.75) is 99.5 Å². The number of carbonyl (C=O) groups excluding carboxylic acids is 1. The third-order valence-corrected chi connectivity index (χ3v) is 6.14. The van der Waals surface area contributed by atoms with Gasteiger partial charge in [0, 0.05) is 12.0 Å². The molecule has 0 bridgehead atoms. The largest absolute Gasteiger partial charge is 0.508 e. The van der Waals surface area contributed by atoms with Crippen molar-refractivity contribution in [3.63, 3.8) is 0 Å². The maximum atomic E-state index is 12.7. The highest BCUT2D eigenvalue weighted by Gasteiger charge is 2.28. The molecule has 0 fully saturated rings. The van der Waals surface area contributed by atoms with Crippen LogP contribution in [-0.2, 0) is 17.6 Å². The second-order valence-corrected chi connectivity index (χ2v) is 9.75. The smallest absolute Gasteiger partial charge is 0.339 e. The van der Waals surface area contributed by atoms with Crippen LogP contribution in [0, 0.1) is 5.92 Å². The number of aryl methyl sites for hydroxylation is 1. The number of esters is 1. The van der Waals surface area contributed by atoms with E-state index in [1.807, 2.05) is 13.8 Å². The molecule has 1 aromatic rings. The Kier molecular flexibility index (Phi) is 12.1. The number of phenols is 1. The molecule has 6 nitrogen and oxygen atoms in total. The van der Waals surface area contributed by atoms with Gasteiger partial charge in [-0.15, -0.1) is 0 Å². The van der Waals surface area contributed by atoms with Crippen LogP contribution in [0.3, 0.4) is 0 Å². The van der Waals surface area contributed by atoms with Crippen LogP contribution in [-0.4, -0.2) is 28.2 Å². The van der Waals surface area contributed by atoms with Gasteiger partial charge in [0.15, 0.2) is 5.75 Å². The number of hydrogen-bond acceptors (Lipinski definition) is 5. The molecular formula is C28H43NO5. The summed E-state index contributed by atoms with van der Waals surface area (Å²) < 4.78 is 5.65. The van der Waals surface area contributed by atoms with Gasteiger partial charge in [-0.2, -0.15) is 0 Å². The number of rotatable bonds is 13. The summed E-state index contributed by atoms with van der Waals surface area (Å²) in [6.45, 7) is 13.8. The fraction of sp³-hybridized carbons (Fsp3) is 0.571. The minimum absolute atomic E-state index is 0.0612. The van der Waals surface area contributed by atoms with Crippen LogP contribution in [0.2, 0.25) is 0 Å². The van der Waals surface area contributed by atoms with Crippen molar-refractivity contribution in [1.82, 2.24) is 0 Å². The molecular weight excluding hydrogens is 430 g/mol. The van der Waals surface area contributed by atoms with Crippen LogP contribution < -0.4 is 10.5 Å². The predicted octanol–water partition coefficient (Wildman–Crippen LogP) is 6.34. The number of allylic oxidation sites excluding steroid dienone is 4. The number of nitrogens with two attached hydrogens (primary N) is 1. The van der Waals surface area contributed by atoms with Crippen molar-refractivity contribution in [3.8, 4) is 11.5 Å². The number of aromatic hydroxyl groups is 1. The summed E-state index contributed by atoms with van der Waals surface area (Å²) in [5.74, 6) is -2.21. The lowest BCUT2D eigenvalue weighted by atomic mass is 9.92. The summed E-state index contributed by atoms with van der Waals surface area (Å²) in [7, 11) is 0. The number of aromatic carboxylic acids is 1. The molecule has 0 aromatic heterocycles. The average Bonchev–Trinajstić information content (AvgIpc) is 2.74. The lowest BCUT2D eigenvalue weighted by Gasteiger charge is -2.21. The Morgan fingerprint density at radius 2 is 1.76 bits per heavy atom. The highest BCUT2D eigenvalue weighted by molar-refractivity contribution is 5.95. The summed E-state index contributed by atoms with van der Waals surface area (Å²) in [6.07, 6.45) is 7.36. The van der Waals surface area contributed by atoms with Crippen molar-refractivity contribution in [1.29, 1.82) is 0 Å². The molecule has 34 heavy (non-hydrogen) atoms. The van der Waals surface area contributed by atoms with Crippen LogP contribution in [0.25, 0.3) is 0 Å². The molecule has 0 heterocycles. The van der Waals surface area contributed by atoms with Crippen LogP contribution >= 0.6 is 0 Å². The Hall–Kier alpha value is -2.60. The molecule has 0 aliphatic heterocycles. The average molecular weight is 474 g/mol. The van der Waals surface area contributed by atoms with Gasteiger partial charge in [0.05, 0.1) is 0 Å². The van der Waals surface area contributed by atoms with Gasteiger partial charge in [-0.05, 0) is 70.9 Å². The first-order valence-corrected chi connectivity index (χ1v) is 12.3. The van der Waals surface area contributed by atoms with Crippen molar-refractivity contribution < 1.29 is 24.5 Å². The predicted molar refractivity (Wildman–Crippen MR) is 137 cm³/mol. The number of carboxylic acids is 1. The Balaban J connectivity index is 3.56. The molecule has 0 aliphatic rings. The molecule has 1 unspecified atom stereocenters. The number of hydrogen-bond donors (Lipinski definition) is 3. The molecule has 190 valence electrons.